The van der Waals surface area contributed by atoms with E-state index in [1.54, 1.807) is 0 Å². The summed E-state index contributed by atoms with van der Waals surface area (Å²) in [7, 11) is 0. The summed E-state index contributed by atoms with van der Waals surface area (Å²) in [5.41, 5.74) is 1.60. The fourth-order valence-electron chi connectivity index (χ4n) is 5.99. The summed E-state index contributed by atoms with van der Waals surface area (Å²) in [6.07, 6.45) is 5.30. The Morgan fingerprint density at radius 3 is 2.66 bits per heavy atom. The van der Waals surface area contributed by atoms with E-state index in [0.29, 0.717) is 6.61 Å². The maximum Gasteiger partial charge on any atom is 0.270 e. The summed E-state index contributed by atoms with van der Waals surface area (Å²) in [6.45, 7) is 0.799. The van der Waals surface area contributed by atoms with Gasteiger partial charge in [0.05, 0.1) is 35.4 Å². The van der Waals surface area contributed by atoms with Gasteiger partial charge in [0.25, 0.3) is 5.69 Å². The Bertz CT molecular complexity index is 1280. The van der Waals surface area contributed by atoms with Crippen LogP contribution in [0.3, 0.4) is 0 Å². The number of nitro groups is 1. The van der Waals surface area contributed by atoms with Crippen molar-refractivity contribution in [1.29, 1.82) is 0 Å². The Kier molecular flexibility index (Phi) is 5.03. The standard InChI is InChI=1S/C26H23N3O6/c30-24(16-6-3-7-17(13-16)29(33)34)23-22-21(20-11-10-15-5-1-2-9-19(15)28(20)23)25(31)27(26(22)32)14-18-8-4-12-35-18/h1-3,5-7,9-11,13,18,20-23H,4,8,12,14H2/t18-,20+,21+,22-,23+/m0/s1. The molecule has 2 aromatic carbocycles. The van der Waals surface area contributed by atoms with Gasteiger partial charge in [-0.2, -0.15) is 0 Å². The lowest BCUT2D eigenvalue weighted by molar-refractivity contribution is -0.384. The Balaban J connectivity index is 1.44. The summed E-state index contributed by atoms with van der Waals surface area (Å²) in [5, 5.41) is 11.3. The Morgan fingerprint density at radius 1 is 1.09 bits per heavy atom. The van der Waals surface area contributed by atoms with Crippen LogP contribution in [0.15, 0.2) is 54.6 Å². The number of carbonyl (C=O) groups excluding carboxylic acids is 3. The SMILES string of the molecule is O=C(c1cccc([N+](=O)[O-])c1)[C@H]1[C@H]2C(=O)N(C[C@@H]3CCCO3)C(=O)[C@@H]2[C@H]2C=Cc3ccccc3N21. The number of hydrogen-bond donors (Lipinski definition) is 0. The van der Waals surface area contributed by atoms with E-state index >= 15 is 0 Å². The Morgan fingerprint density at radius 2 is 1.89 bits per heavy atom. The summed E-state index contributed by atoms with van der Waals surface area (Å²) >= 11 is 0. The number of ketones is 1. The van der Waals surface area contributed by atoms with E-state index in [1.807, 2.05) is 41.3 Å². The molecule has 0 N–H and O–H groups in total. The van der Waals surface area contributed by atoms with Crippen LogP contribution < -0.4 is 4.90 Å². The predicted octanol–water partition coefficient (Wildman–Crippen LogP) is 2.84. The Hall–Kier alpha value is -3.85. The number of carbonyl (C=O) groups is 3. The molecule has 5 atom stereocenters. The molecule has 0 saturated carbocycles. The molecule has 178 valence electrons. The fraction of sp³-hybridized carbons (Fsp3) is 0.346. The highest BCUT2D eigenvalue weighted by molar-refractivity contribution is 6.14. The number of Topliss-reactive ketones (excluding diaryl/α,β-unsaturated/α-hetero) is 1. The molecule has 35 heavy (non-hydrogen) atoms. The summed E-state index contributed by atoms with van der Waals surface area (Å²) in [4.78, 5) is 55.1. The second-order valence-corrected chi connectivity index (χ2v) is 9.41. The van der Waals surface area contributed by atoms with Crippen LogP contribution in [0.2, 0.25) is 0 Å². The number of hydrogen-bond acceptors (Lipinski definition) is 7. The third kappa shape index (κ3) is 3.30. The second-order valence-electron chi connectivity index (χ2n) is 9.41. The van der Waals surface area contributed by atoms with E-state index in [9.17, 15) is 24.5 Å². The van der Waals surface area contributed by atoms with Crippen LogP contribution in [0.1, 0.15) is 28.8 Å². The van der Waals surface area contributed by atoms with Gasteiger partial charge in [-0.25, -0.2) is 0 Å². The number of para-hydroxylation sites is 1. The van der Waals surface area contributed by atoms with Gasteiger partial charge in [-0.3, -0.25) is 29.4 Å². The molecule has 9 heteroatoms. The predicted molar refractivity (Wildman–Crippen MR) is 126 cm³/mol. The van der Waals surface area contributed by atoms with Gasteiger partial charge in [0.15, 0.2) is 5.78 Å². The molecule has 0 bridgehead atoms. The van der Waals surface area contributed by atoms with Crippen molar-refractivity contribution in [3.63, 3.8) is 0 Å². The van der Waals surface area contributed by atoms with Crippen molar-refractivity contribution < 1.29 is 24.0 Å². The van der Waals surface area contributed by atoms with Crippen LogP contribution in [0.25, 0.3) is 6.08 Å². The number of likely N-dealkylation sites (tertiary alicyclic amines) is 1. The molecule has 4 aliphatic heterocycles. The molecule has 0 aromatic heterocycles. The van der Waals surface area contributed by atoms with E-state index in [0.717, 1.165) is 24.1 Å². The first-order valence-corrected chi connectivity index (χ1v) is 11.8. The molecule has 2 amide bonds. The first-order chi connectivity index (χ1) is 17.0. The zero-order valence-corrected chi connectivity index (χ0v) is 18.8. The zero-order chi connectivity index (χ0) is 24.3. The van der Waals surface area contributed by atoms with Gasteiger partial charge in [-0.05, 0) is 24.5 Å². The van der Waals surface area contributed by atoms with Gasteiger partial charge in [-0.1, -0.05) is 42.5 Å². The quantitative estimate of drug-likeness (QED) is 0.284. The molecule has 2 aromatic rings. The first kappa shape index (κ1) is 21.7. The topological polar surface area (TPSA) is 110 Å². The minimum absolute atomic E-state index is 0.147. The van der Waals surface area contributed by atoms with Crippen LogP contribution in [-0.2, 0) is 14.3 Å². The number of ether oxygens (including phenoxy) is 1. The van der Waals surface area contributed by atoms with Gasteiger partial charge < -0.3 is 9.64 Å². The van der Waals surface area contributed by atoms with Crippen molar-refractivity contribution in [2.75, 3.05) is 18.1 Å². The molecule has 9 nitrogen and oxygen atoms in total. The molecular formula is C26H23N3O6. The van der Waals surface area contributed by atoms with E-state index in [-0.39, 0.29) is 35.7 Å². The molecule has 3 fully saturated rings. The number of rotatable bonds is 5. The van der Waals surface area contributed by atoms with Crippen molar-refractivity contribution in [2.24, 2.45) is 11.8 Å². The number of nitro benzene ring substituents is 1. The molecule has 0 aliphatic carbocycles. The molecule has 4 heterocycles. The average molecular weight is 473 g/mol. The van der Waals surface area contributed by atoms with E-state index < -0.39 is 34.6 Å². The minimum Gasteiger partial charge on any atom is -0.376 e. The third-order valence-corrected chi connectivity index (χ3v) is 7.53. The highest BCUT2D eigenvalue weighted by atomic mass is 16.6. The molecule has 0 radical (unpaired) electrons. The lowest BCUT2D eigenvalue weighted by atomic mass is 9.86. The number of nitrogens with zero attached hydrogens (tertiary/aromatic N) is 3. The smallest absolute Gasteiger partial charge is 0.270 e. The molecular weight excluding hydrogens is 450 g/mol. The van der Waals surface area contributed by atoms with Gasteiger partial charge >= 0.3 is 0 Å². The van der Waals surface area contributed by atoms with Crippen molar-refractivity contribution in [2.45, 2.75) is 31.0 Å². The second kappa shape index (κ2) is 8.13. The number of non-ortho nitro benzene ring substituents is 1. The lowest BCUT2D eigenvalue weighted by Crippen LogP contribution is -2.49. The number of imide groups is 1. The largest absolute Gasteiger partial charge is 0.376 e. The number of fused-ring (bicyclic) bond motifs is 5. The fourth-order valence-corrected chi connectivity index (χ4v) is 5.99. The summed E-state index contributed by atoms with van der Waals surface area (Å²) in [6, 6.07) is 11.7. The third-order valence-electron chi connectivity index (χ3n) is 7.53. The number of benzene rings is 2. The lowest BCUT2D eigenvalue weighted by Gasteiger charge is -2.36. The van der Waals surface area contributed by atoms with E-state index in [4.69, 9.17) is 4.74 Å². The highest BCUT2D eigenvalue weighted by Gasteiger charge is 2.64. The van der Waals surface area contributed by atoms with Crippen LogP contribution in [0, 0.1) is 22.0 Å². The van der Waals surface area contributed by atoms with Gasteiger partial charge in [-0.15, -0.1) is 0 Å². The van der Waals surface area contributed by atoms with E-state index in [2.05, 4.69) is 0 Å². The first-order valence-electron chi connectivity index (χ1n) is 11.8. The Labute approximate surface area is 201 Å². The zero-order valence-electron chi connectivity index (χ0n) is 18.8. The van der Waals surface area contributed by atoms with Crippen LogP contribution in [0.4, 0.5) is 11.4 Å². The van der Waals surface area contributed by atoms with Crippen molar-refractivity contribution in [3.8, 4) is 0 Å². The maximum atomic E-state index is 13.9. The monoisotopic (exact) mass is 473 g/mol. The average Bonchev–Trinajstić information content (AvgIpc) is 3.57. The summed E-state index contributed by atoms with van der Waals surface area (Å²) < 4.78 is 5.66. The van der Waals surface area contributed by atoms with Crippen LogP contribution in [-0.4, -0.2) is 58.8 Å². The van der Waals surface area contributed by atoms with Crippen molar-refractivity contribution in [1.82, 2.24) is 4.90 Å². The van der Waals surface area contributed by atoms with Crippen LogP contribution >= 0.6 is 0 Å². The highest BCUT2D eigenvalue weighted by Crippen LogP contribution is 2.49. The van der Waals surface area contributed by atoms with Gasteiger partial charge in [0, 0.05) is 30.0 Å². The molecule has 3 saturated heterocycles. The summed E-state index contributed by atoms with van der Waals surface area (Å²) in [5.74, 6) is -2.66. The molecule has 6 rings (SSSR count). The molecule has 0 unspecified atom stereocenters. The van der Waals surface area contributed by atoms with E-state index in [1.165, 1.54) is 29.2 Å². The van der Waals surface area contributed by atoms with Gasteiger partial charge in [0.2, 0.25) is 11.8 Å². The molecule has 0 spiro atoms. The van der Waals surface area contributed by atoms with Crippen molar-refractivity contribution in [3.05, 3.63) is 75.8 Å². The number of anilines is 1. The van der Waals surface area contributed by atoms with Crippen molar-refractivity contribution >= 4 is 35.0 Å². The number of amides is 2. The maximum absolute atomic E-state index is 13.9. The minimum atomic E-state index is -0.955. The normalized spacial score (nSPS) is 28.7. The van der Waals surface area contributed by atoms with Gasteiger partial charge in [0.1, 0.15) is 6.04 Å². The molecule has 4 aliphatic rings. The van der Waals surface area contributed by atoms with Crippen LogP contribution in [0.5, 0.6) is 0 Å².